The van der Waals surface area contributed by atoms with Crippen LogP contribution in [0.2, 0.25) is 0 Å². The average Bonchev–Trinajstić information content (AvgIpc) is 3.19. The fourth-order valence-electron chi connectivity index (χ4n) is 2.98. The van der Waals surface area contributed by atoms with Crippen LogP contribution < -0.4 is 0 Å². The summed E-state index contributed by atoms with van der Waals surface area (Å²) in [5, 5.41) is 9.19. The number of hydrogen-bond acceptors (Lipinski definition) is 3. The molecule has 0 amide bonds. The monoisotopic (exact) mass is 316 g/mol. The number of aromatic amines is 1. The highest BCUT2D eigenvalue weighted by Gasteiger charge is 2.17. The molecule has 0 spiro atoms. The van der Waals surface area contributed by atoms with E-state index in [1.165, 1.54) is 0 Å². The molecule has 4 aromatic rings. The molecule has 0 aliphatic rings. The molecule has 2 heterocycles. The van der Waals surface area contributed by atoms with E-state index in [0.29, 0.717) is 0 Å². The van der Waals surface area contributed by atoms with Gasteiger partial charge in [0.05, 0.1) is 6.20 Å². The molecule has 24 heavy (non-hydrogen) atoms. The predicted molar refractivity (Wildman–Crippen MR) is 92.8 cm³/mol. The van der Waals surface area contributed by atoms with E-state index in [-0.39, 0.29) is 12.3 Å². The first-order valence-corrected chi connectivity index (χ1v) is 7.78. The van der Waals surface area contributed by atoms with Crippen LogP contribution >= 0.6 is 0 Å². The average molecular weight is 316 g/mol. The van der Waals surface area contributed by atoms with E-state index >= 15 is 0 Å². The van der Waals surface area contributed by atoms with Gasteiger partial charge in [-0.3, -0.25) is 4.79 Å². The molecule has 0 aliphatic heterocycles. The standard InChI is InChI=1S/C19H16N4O/c1-13-19(15-9-5-6-10-16(15)20-13)18(24)12-23-11-17(21-22-23)14-7-3-2-4-8-14/h2-11,20H,12H2,1H3. The molecule has 0 saturated carbocycles. The highest BCUT2D eigenvalue weighted by atomic mass is 16.1. The summed E-state index contributed by atoms with van der Waals surface area (Å²) in [5.74, 6) is 0.0226. The number of hydrogen-bond donors (Lipinski definition) is 1. The fraction of sp³-hybridized carbons (Fsp3) is 0.105. The van der Waals surface area contributed by atoms with Crippen LogP contribution in [0.4, 0.5) is 0 Å². The van der Waals surface area contributed by atoms with Gasteiger partial charge in [0.25, 0.3) is 0 Å². The summed E-state index contributed by atoms with van der Waals surface area (Å²) in [6.45, 7) is 2.09. The largest absolute Gasteiger partial charge is 0.358 e. The second-order valence-corrected chi connectivity index (χ2v) is 5.76. The minimum absolute atomic E-state index is 0.0226. The third kappa shape index (κ3) is 2.50. The number of para-hydroxylation sites is 1. The van der Waals surface area contributed by atoms with E-state index in [9.17, 15) is 4.79 Å². The Morgan fingerprint density at radius 2 is 1.83 bits per heavy atom. The fourth-order valence-corrected chi connectivity index (χ4v) is 2.98. The van der Waals surface area contributed by atoms with Crippen LogP contribution in [0.5, 0.6) is 0 Å². The summed E-state index contributed by atoms with van der Waals surface area (Å²) >= 11 is 0. The van der Waals surface area contributed by atoms with E-state index in [1.807, 2.05) is 61.5 Å². The molecule has 0 bridgehead atoms. The topological polar surface area (TPSA) is 63.6 Å². The molecule has 0 atom stereocenters. The number of nitrogens with zero attached hydrogens (tertiary/aromatic N) is 3. The zero-order valence-corrected chi connectivity index (χ0v) is 13.2. The summed E-state index contributed by atoms with van der Waals surface area (Å²) in [5.41, 5.74) is 4.33. The van der Waals surface area contributed by atoms with Crippen molar-refractivity contribution in [3.05, 3.63) is 72.1 Å². The number of carbonyl (C=O) groups is 1. The van der Waals surface area contributed by atoms with E-state index in [4.69, 9.17) is 0 Å². The first kappa shape index (κ1) is 14.4. The molecule has 0 fully saturated rings. The summed E-state index contributed by atoms with van der Waals surface area (Å²) in [7, 11) is 0. The minimum atomic E-state index is 0.0226. The van der Waals surface area contributed by atoms with E-state index in [0.717, 1.165) is 33.4 Å². The highest BCUT2D eigenvalue weighted by Crippen LogP contribution is 2.23. The lowest BCUT2D eigenvalue weighted by Gasteiger charge is -2.01. The maximum atomic E-state index is 12.7. The number of Topliss-reactive ketones (excluding diaryl/α,β-unsaturated/α-hetero) is 1. The van der Waals surface area contributed by atoms with Crippen molar-refractivity contribution >= 4 is 16.7 Å². The number of rotatable bonds is 4. The smallest absolute Gasteiger partial charge is 0.186 e. The normalized spacial score (nSPS) is 11.0. The third-order valence-electron chi connectivity index (χ3n) is 4.09. The Bertz CT molecular complexity index is 1010. The van der Waals surface area contributed by atoms with Crippen LogP contribution in [0.25, 0.3) is 22.2 Å². The molecule has 0 saturated heterocycles. The quantitative estimate of drug-likeness (QED) is 0.585. The van der Waals surface area contributed by atoms with Gasteiger partial charge >= 0.3 is 0 Å². The molecular formula is C19H16N4O. The third-order valence-corrected chi connectivity index (χ3v) is 4.09. The Morgan fingerprint density at radius 3 is 2.67 bits per heavy atom. The zero-order valence-electron chi connectivity index (χ0n) is 13.2. The van der Waals surface area contributed by atoms with Gasteiger partial charge in [-0.25, -0.2) is 4.68 Å². The molecule has 118 valence electrons. The van der Waals surface area contributed by atoms with E-state index in [2.05, 4.69) is 15.3 Å². The maximum Gasteiger partial charge on any atom is 0.186 e. The highest BCUT2D eigenvalue weighted by molar-refractivity contribution is 6.09. The van der Waals surface area contributed by atoms with Crippen LogP contribution in [0.15, 0.2) is 60.8 Å². The Labute approximate surface area is 138 Å². The molecule has 5 nitrogen and oxygen atoms in total. The number of benzene rings is 2. The van der Waals surface area contributed by atoms with Gasteiger partial charge in [0.2, 0.25) is 0 Å². The van der Waals surface area contributed by atoms with Gasteiger partial charge in [-0.05, 0) is 13.0 Å². The van der Waals surface area contributed by atoms with Crippen molar-refractivity contribution in [2.75, 3.05) is 0 Å². The number of H-pyrrole nitrogens is 1. The zero-order chi connectivity index (χ0) is 16.5. The SMILES string of the molecule is Cc1[nH]c2ccccc2c1C(=O)Cn1cc(-c2ccccc2)nn1. The summed E-state index contributed by atoms with van der Waals surface area (Å²) in [4.78, 5) is 16.0. The van der Waals surface area contributed by atoms with Crippen LogP contribution in [-0.2, 0) is 6.54 Å². The lowest BCUT2D eigenvalue weighted by Crippen LogP contribution is -2.11. The molecule has 1 N–H and O–H groups in total. The second-order valence-electron chi connectivity index (χ2n) is 5.76. The van der Waals surface area contributed by atoms with Crippen molar-refractivity contribution in [1.29, 1.82) is 0 Å². The Kier molecular flexibility index (Phi) is 3.46. The summed E-state index contributed by atoms with van der Waals surface area (Å²) < 4.78 is 1.59. The van der Waals surface area contributed by atoms with Crippen molar-refractivity contribution in [2.24, 2.45) is 0 Å². The Hall–Kier alpha value is -3.21. The van der Waals surface area contributed by atoms with Crippen LogP contribution in [0.1, 0.15) is 16.1 Å². The van der Waals surface area contributed by atoms with Crippen molar-refractivity contribution in [3.8, 4) is 11.3 Å². The summed E-state index contributed by atoms with van der Waals surface area (Å²) in [6.07, 6.45) is 1.80. The van der Waals surface area contributed by atoms with Gasteiger partial charge in [0.1, 0.15) is 12.2 Å². The molecule has 5 heteroatoms. The van der Waals surface area contributed by atoms with E-state index < -0.39 is 0 Å². The van der Waals surface area contributed by atoms with Crippen LogP contribution in [-0.4, -0.2) is 25.8 Å². The Balaban J connectivity index is 1.63. The van der Waals surface area contributed by atoms with Crippen LogP contribution in [0.3, 0.4) is 0 Å². The number of aromatic nitrogens is 4. The van der Waals surface area contributed by atoms with Crippen molar-refractivity contribution in [3.63, 3.8) is 0 Å². The van der Waals surface area contributed by atoms with Gasteiger partial charge < -0.3 is 4.98 Å². The minimum Gasteiger partial charge on any atom is -0.358 e. The first-order chi connectivity index (χ1) is 11.7. The van der Waals surface area contributed by atoms with Crippen molar-refractivity contribution in [2.45, 2.75) is 13.5 Å². The van der Waals surface area contributed by atoms with E-state index in [1.54, 1.807) is 10.9 Å². The number of carbonyl (C=O) groups excluding carboxylic acids is 1. The molecule has 0 radical (unpaired) electrons. The van der Waals surface area contributed by atoms with Gasteiger partial charge in [-0.15, -0.1) is 5.10 Å². The van der Waals surface area contributed by atoms with Gasteiger partial charge in [0, 0.05) is 27.7 Å². The molecule has 2 aromatic carbocycles. The van der Waals surface area contributed by atoms with Crippen molar-refractivity contribution < 1.29 is 4.79 Å². The van der Waals surface area contributed by atoms with Gasteiger partial charge in [0.15, 0.2) is 5.78 Å². The molecular weight excluding hydrogens is 300 g/mol. The summed E-state index contributed by atoms with van der Waals surface area (Å²) in [6, 6.07) is 17.6. The molecule has 4 rings (SSSR count). The molecule has 0 unspecified atom stereocenters. The van der Waals surface area contributed by atoms with Crippen molar-refractivity contribution in [1.82, 2.24) is 20.0 Å². The number of fused-ring (bicyclic) bond motifs is 1. The number of nitrogens with one attached hydrogen (secondary N) is 1. The molecule has 0 aliphatic carbocycles. The Morgan fingerprint density at radius 1 is 1.08 bits per heavy atom. The molecule has 2 aromatic heterocycles. The second kappa shape index (κ2) is 5.77. The maximum absolute atomic E-state index is 12.7. The first-order valence-electron chi connectivity index (χ1n) is 7.78. The van der Waals surface area contributed by atoms with Crippen LogP contribution in [0, 0.1) is 6.92 Å². The van der Waals surface area contributed by atoms with Gasteiger partial charge in [-0.1, -0.05) is 53.7 Å². The number of ketones is 1. The number of aryl methyl sites for hydroxylation is 1. The lowest BCUT2D eigenvalue weighted by atomic mass is 10.1. The predicted octanol–water partition coefficient (Wildman–Crippen LogP) is 3.62. The lowest BCUT2D eigenvalue weighted by molar-refractivity contribution is 0.0968. The van der Waals surface area contributed by atoms with Gasteiger partial charge in [-0.2, -0.15) is 0 Å².